The minimum absolute atomic E-state index is 0.0985. The smallest absolute Gasteiger partial charge is 0.234 e. The van der Waals surface area contributed by atoms with Crippen LogP contribution in [0.4, 0.5) is 5.69 Å². The molecular weight excluding hydrogens is 468 g/mol. The average Bonchev–Trinajstić information content (AvgIpc) is 2.93. The van der Waals surface area contributed by atoms with Crippen molar-refractivity contribution < 1.29 is 14.3 Å². The molecule has 1 aliphatic rings. The monoisotopic (exact) mass is 488 g/mol. The van der Waals surface area contributed by atoms with Crippen molar-refractivity contribution in [2.24, 2.45) is 7.05 Å². The lowest BCUT2D eigenvalue weighted by Gasteiger charge is -2.12. The van der Waals surface area contributed by atoms with E-state index in [4.69, 9.17) is 9.47 Å². The Labute approximate surface area is 187 Å². The molecule has 0 atom stereocenters. The summed E-state index contributed by atoms with van der Waals surface area (Å²) >= 11 is 4.73. The van der Waals surface area contributed by atoms with Gasteiger partial charge in [0.25, 0.3) is 0 Å². The standard InChI is InChI=1S/C21H21BrN4O3S/c1-13-10-17-18(29-9-3-8-28-17)11-16(13)20-24-25-21(26(20)2)30-12-19(27)23-15-6-4-14(22)5-7-15/h4-7,10-11H,3,8-9,12H2,1-2H3,(H,23,27). The first-order valence-electron chi connectivity index (χ1n) is 9.49. The first-order chi connectivity index (χ1) is 14.5. The lowest BCUT2D eigenvalue weighted by atomic mass is 10.1. The van der Waals surface area contributed by atoms with Crippen LogP contribution >= 0.6 is 27.7 Å². The van der Waals surface area contributed by atoms with Gasteiger partial charge in [-0.3, -0.25) is 4.79 Å². The molecule has 2 heterocycles. The molecule has 0 bridgehead atoms. The minimum atomic E-state index is -0.0985. The van der Waals surface area contributed by atoms with Crippen molar-refractivity contribution in [3.05, 3.63) is 46.4 Å². The van der Waals surface area contributed by atoms with Crippen molar-refractivity contribution in [1.29, 1.82) is 0 Å². The number of nitrogens with one attached hydrogen (secondary N) is 1. The van der Waals surface area contributed by atoms with Gasteiger partial charge in [-0.25, -0.2) is 0 Å². The summed E-state index contributed by atoms with van der Waals surface area (Å²) in [6.07, 6.45) is 0.857. The summed E-state index contributed by atoms with van der Waals surface area (Å²) in [7, 11) is 1.90. The highest BCUT2D eigenvalue weighted by atomic mass is 79.9. The van der Waals surface area contributed by atoms with Crippen LogP contribution in [-0.4, -0.2) is 39.6 Å². The number of aromatic nitrogens is 3. The van der Waals surface area contributed by atoms with Gasteiger partial charge in [-0.05, 0) is 48.9 Å². The number of thioether (sulfide) groups is 1. The van der Waals surface area contributed by atoms with Crippen molar-refractivity contribution >= 4 is 39.3 Å². The van der Waals surface area contributed by atoms with E-state index in [2.05, 4.69) is 31.4 Å². The highest BCUT2D eigenvalue weighted by molar-refractivity contribution is 9.10. The molecule has 9 heteroatoms. The van der Waals surface area contributed by atoms with Crippen molar-refractivity contribution in [2.45, 2.75) is 18.5 Å². The number of aryl methyl sites for hydroxylation is 1. The molecule has 1 N–H and O–H groups in total. The number of anilines is 1. The molecule has 1 amide bonds. The van der Waals surface area contributed by atoms with Gasteiger partial charge in [0.2, 0.25) is 5.91 Å². The normalized spacial score (nSPS) is 13.0. The van der Waals surface area contributed by atoms with Crippen LogP contribution in [0.3, 0.4) is 0 Å². The highest BCUT2D eigenvalue weighted by Crippen LogP contribution is 2.37. The van der Waals surface area contributed by atoms with Gasteiger partial charge in [0.1, 0.15) is 0 Å². The highest BCUT2D eigenvalue weighted by Gasteiger charge is 2.19. The second kappa shape index (κ2) is 9.09. The van der Waals surface area contributed by atoms with Gasteiger partial charge in [-0.1, -0.05) is 27.7 Å². The largest absolute Gasteiger partial charge is 0.490 e. The fourth-order valence-electron chi connectivity index (χ4n) is 3.09. The Morgan fingerprint density at radius 1 is 1.17 bits per heavy atom. The Morgan fingerprint density at radius 3 is 2.60 bits per heavy atom. The predicted octanol–water partition coefficient (Wildman–Crippen LogP) is 4.45. The molecular formula is C21H21BrN4O3S. The zero-order valence-electron chi connectivity index (χ0n) is 16.6. The molecule has 7 nitrogen and oxygen atoms in total. The molecule has 3 aromatic rings. The van der Waals surface area contributed by atoms with E-state index in [0.29, 0.717) is 18.4 Å². The van der Waals surface area contributed by atoms with Crippen LogP contribution in [-0.2, 0) is 11.8 Å². The van der Waals surface area contributed by atoms with Crippen LogP contribution in [0, 0.1) is 6.92 Å². The molecule has 0 radical (unpaired) electrons. The minimum Gasteiger partial charge on any atom is -0.490 e. The molecule has 1 aliphatic heterocycles. The van der Waals surface area contributed by atoms with Gasteiger partial charge in [0, 0.05) is 29.2 Å². The third-order valence-electron chi connectivity index (χ3n) is 4.63. The number of benzene rings is 2. The quantitative estimate of drug-likeness (QED) is 0.534. The van der Waals surface area contributed by atoms with E-state index in [9.17, 15) is 4.79 Å². The van der Waals surface area contributed by atoms with Crippen molar-refractivity contribution in [2.75, 3.05) is 24.3 Å². The number of hydrogen-bond acceptors (Lipinski definition) is 6. The number of carbonyl (C=O) groups excluding carboxylic acids is 1. The number of nitrogens with zero attached hydrogens (tertiary/aromatic N) is 3. The Kier molecular flexibility index (Phi) is 6.29. The van der Waals surface area contributed by atoms with E-state index in [1.54, 1.807) is 0 Å². The Bertz CT molecular complexity index is 1070. The Balaban J connectivity index is 1.47. The van der Waals surface area contributed by atoms with Gasteiger partial charge in [0.05, 0.1) is 19.0 Å². The molecule has 0 unspecified atom stereocenters. The molecule has 0 fully saturated rings. The lowest BCUT2D eigenvalue weighted by Crippen LogP contribution is -2.14. The number of halogens is 1. The van der Waals surface area contributed by atoms with Crippen LogP contribution < -0.4 is 14.8 Å². The Morgan fingerprint density at radius 2 is 1.87 bits per heavy atom. The maximum Gasteiger partial charge on any atom is 0.234 e. The first kappa shape index (κ1) is 20.7. The van der Waals surface area contributed by atoms with Crippen molar-refractivity contribution in [3.63, 3.8) is 0 Å². The van der Waals surface area contributed by atoms with E-state index in [1.165, 1.54) is 11.8 Å². The molecule has 0 aliphatic carbocycles. The number of ether oxygens (including phenoxy) is 2. The van der Waals surface area contributed by atoms with E-state index in [-0.39, 0.29) is 11.7 Å². The summed E-state index contributed by atoms with van der Waals surface area (Å²) in [6, 6.07) is 11.4. The van der Waals surface area contributed by atoms with Crippen LogP contribution in [0.25, 0.3) is 11.4 Å². The van der Waals surface area contributed by atoms with Gasteiger partial charge >= 0.3 is 0 Å². The van der Waals surface area contributed by atoms with Crippen LogP contribution in [0.5, 0.6) is 11.5 Å². The lowest BCUT2D eigenvalue weighted by molar-refractivity contribution is -0.113. The maximum absolute atomic E-state index is 12.3. The van der Waals surface area contributed by atoms with Crippen molar-refractivity contribution in [3.8, 4) is 22.9 Å². The van der Waals surface area contributed by atoms with Crippen LogP contribution in [0.15, 0.2) is 46.0 Å². The van der Waals surface area contributed by atoms with E-state index in [1.807, 2.05) is 54.9 Å². The maximum atomic E-state index is 12.3. The summed E-state index contributed by atoms with van der Waals surface area (Å²) in [4.78, 5) is 12.3. The Hall–Kier alpha value is -2.52. The summed E-state index contributed by atoms with van der Waals surface area (Å²) in [5.74, 6) is 2.34. The van der Waals surface area contributed by atoms with E-state index in [0.717, 1.165) is 45.0 Å². The molecule has 1 aromatic heterocycles. The topological polar surface area (TPSA) is 78.3 Å². The summed E-state index contributed by atoms with van der Waals surface area (Å²) < 4.78 is 14.4. The third-order valence-corrected chi connectivity index (χ3v) is 6.18. The second-order valence-corrected chi connectivity index (χ2v) is 8.73. The molecule has 4 rings (SSSR count). The fourth-order valence-corrected chi connectivity index (χ4v) is 4.06. The summed E-state index contributed by atoms with van der Waals surface area (Å²) in [6.45, 7) is 3.29. The zero-order chi connectivity index (χ0) is 21.1. The third kappa shape index (κ3) is 4.62. The van der Waals surface area contributed by atoms with E-state index >= 15 is 0 Å². The fraction of sp³-hybridized carbons (Fsp3) is 0.286. The number of amides is 1. The second-order valence-electron chi connectivity index (χ2n) is 6.87. The van der Waals surface area contributed by atoms with Crippen LogP contribution in [0.1, 0.15) is 12.0 Å². The van der Waals surface area contributed by atoms with Gasteiger partial charge in [-0.15, -0.1) is 10.2 Å². The molecule has 30 heavy (non-hydrogen) atoms. The molecule has 0 saturated carbocycles. The SMILES string of the molecule is Cc1cc2c(cc1-c1nnc(SCC(=O)Nc3ccc(Br)cc3)n1C)OCCCO2. The molecule has 2 aromatic carbocycles. The molecule has 0 saturated heterocycles. The first-order valence-corrected chi connectivity index (χ1v) is 11.3. The number of fused-ring (bicyclic) bond motifs is 1. The summed E-state index contributed by atoms with van der Waals surface area (Å²) in [5.41, 5.74) is 2.71. The number of rotatable bonds is 5. The predicted molar refractivity (Wildman–Crippen MR) is 120 cm³/mol. The van der Waals surface area contributed by atoms with Gasteiger partial charge < -0.3 is 19.4 Å². The number of carbonyl (C=O) groups is 1. The summed E-state index contributed by atoms with van der Waals surface area (Å²) in [5, 5.41) is 12.2. The molecule has 156 valence electrons. The van der Waals surface area contributed by atoms with Crippen LogP contribution in [0.2, 0.25) is 0 Å². The van der Waals surface area contributed by atoms with Crippen molar-refractivity contribution in [1.82, 2.24) is 14.8 Å². The number of hydrogen-bond donors (Lipinski definition) is 1. The van der Waals surface area contributed by atoms with Gasteiger partial charge in [0.15, 0.2) is 22.5 Å². The average molecular weight is 489 g/mol. The molecule has 0 spiro atoms. The zero-order valence-corrected chi connectivity index (χ0v) is 19.0. The van der Waals surface area contributed by atoms with Gasteiger partial charge in [-0.2, -0.15) is 0 Å². The van der Waals surface area contributed by atoms with E-state index < -0.39 is 0 Å².